The predicted molar refractivity (Wildman–Crippen MR) is 188 cm³/mol. The topological polar surface area (TPSA) is 92.3 Å². The van der Waals surface area contributed by atoms with Gasteiger partial charge in [-0.25, -0.2) is 4.79 Å². The molecular weight excluding hydrogens is 602 g/mol. The number of carbonyl (C=O) groups excluding carboxylic acids is 1. The molecule has 5 aromatic carbocycles. The second-order valence-electron chi connectivity index (χ2n) is 12.1. The van der Waals surface area contributed by atoms with Gasteiger partial charge in [-0.3, -0.25) is 4.90 Å². The summed E-state index contributed by atoms with van der Waals surface area (Å²) in [7, 11) is 2.10. The Balaban J connectivity index is 1.14. The van der Waals surface area contributed by atoms with Crippen molar-refractivity contribution in [3.8, 4) is 11.5 Å². The summed E-state index contributed by atoms with van der Waals surface area (Å²) in [5.74, 6) is 1.47. The maximum atomic E-state index is 13.0. The molecule has 4 atom stereocenters. The molecule has 2 amide bonds. The summed E-state index contributed by atoms with van der Waals surface area (Å²) in [6.45, 7) is 3.65. The number of likely N-dealkylation sites (N-methyl/N-ethyl adjacent to an activating group) is 1. The largest absolute Gasteiger partial charge is 0.457 e. The molecule has 0 radical (unpaired) electrons. The van der Waals surface area contributed by atoms with Crippen LogP contribution in [-0.4, -0.2) is 35.7 Å². The normalized spacial score (nSPS) is 19.1. The predicted octanol–water partition coefficient (Wildman–Crippen LogP) is 8.54. The zero-order valence-corrected chi connectivity index (χ0v) is 27.2. The van der Waals surface area contributed by atoms with Crippen LogP contribution in [0.3, 0.4) is 0 Å². The lowest BCUT2D eigenvalue weighted by molar-refractivity contribution is -0.276. The molecule has 1 aliphatic heterocycles. The van der Waals surface area contributed by atoms with Crippen molar-refractivity contribution in [3.05, 3.63) is 156 Å². The van der Waals surface area contributed by atoms with Gasteiger partial charge in [0.1, 0.15) is 11.5 Å². The van der Waals surface area contributed by atoms with Crippen LogP contribution in [0.1, 0.15) is 41.6 Å². The molecule has 0 unspecified atom stereocenters. The standard InChI is InChI=1S/C40H41N3O5/c1-28-37(26-43(2)25-29-10-5-3-6-11-29)47-39(48-38(28)31-18-16-30(27-44)17-19-31)32-12-9-13-34(24-32)42-40(45)41-33-20-22-36(23-21-33)46-35-14-7-4-8-15-35/h3-24,28,37-39,44H,25-27H2,1-2H3,(H2,41,42,45)/t28-,37+,38+,39+/m1/s1. The monoisotopic (exact) mass is 643 g/mol. The van der Waals surface area contributed by atoms with Gasteiger partial charge in [0.15, 0.2) is 6.29 Å². The number of rotatable bonds is 11. The van der Waals surface area contributed by atoms with Gasteiger partial charge >= 0.3 is 6.03 Å². The lowest BCUT2D eigenvalue weighted by atomic mass is 9.90. The average molecular weight is 644 g/mol. The summed E-state index contributed by atoms with van der Waals surface area (Å²) in [6.07, 6.45) is -1.02. The van der Waals surface area contributed by atoms with Gasteiger partial charge in [-0.2, -0.15) is 0 Å². The smallest absolute Gasteiger partial charge is 0.323 e. The fourth-order valence-electron chi connectivity index (χ4n) is 5.88. The number of hydrogen-bond donors (Lipinski definition) is 3. The van der Waals surface area contributed by atoms with Gasteiger partial charge in [0, 0.05) is 35.9 Å². The van der Waals surface area contributed by atoms with Crippen molar-refractivity contribution < 1.29 is 24.1 Å². The molecule has 0 aromatic heterocycles. The fraction of sp³-hybridized carbons (Fsp3) is 0.225. The van der Waals surface area contributed by atoms with E-state index < -0.39 is 6.29 Å². The first kappa shape index (κ1) is 32.9. The van der Waals surface area contributed by atoms with Crippen LogP contribution in [0.2, 0.25) is 0 Å². The van der Waals surface area contributed by atoms with E-state index in [0.29, 0.717) is 23.7 Å². The van der Waals surface area contributed by atoms with Crippen molar-refractivity contribution in [3.63, 3.8) is 0 Å². The molecule has 246 valence electrons. The number of aliphatic hydroxyl groups is 1. The molecule has 5 aromatic rings. The molecule has 48 heavy (non-hydrogen) atoms. The van der Waals surface area contributed by atoms with Gasteiger partial charge in [-0.1, -0.05) is 91.9 Å². The molecular formula is C40H41N3O5. The van der Waals surface area contributed by atoms with E-state index in [9.17, 15) is 9.90 Å². The zero-order chi connectivity index (χ0) is 33.3. The Bertz CT molecular complexity index is 1750. The molecule has 1 saturated heterocycles. The van der Waals surface area contributed by atoms with E-state index in [0.717, 1.165) is 29.0 Å². The Hall–Kier alpha value is -4.99. The van der Waals surface area contributed by atoms with Crippen molar-refractivity contribution in [2.75, 3.05) is 24.2 Å². The SMILES string of the molecule is C[C@@H]1[C@H](CN(C)Cc2ccccc2)O[C@H](c2cccc(NC(=O)Nc3ccc(Oc4ccccc4)cc3)c2)O[C@@H]1c1ccc(CO)cc1. The highest BCUT2D eigenvalue weighted by atomic mass is 16.7. The van der Waals surface area contributed by atoms with Crippen LogP contribution < -0.4 is 15.4 Å². The number of para-hydroxylation sites is 1. The second-order valence-corrected chi connectivity index (χ2v) is 12.1. The van der Waals surface area contributed by atoms with Gasteiger partial charge in [0.2, 0.25) is 0 Å². The average Bonchev–Trinajstić information content (AvgIpc) is 3.11. The molecule has 3 N–H and O–H groups in total. The van der Waals surface area contributed by atoms with Crippen molar-refractivity contribution in [2.45, 2.75) is 38.6 Å². The Kier molecular flexibility index (Phi) is 10.8. The molecule has 0 spiro atoms. The first-order chi connectivity index (χ1) is 23.4. The van der Waals surface area contributed by atoms with Gasteiger partial charge in [-0.15, -0.1) is 0 Å². The number of amides is 2. The quantitative estimate of drug-likeness (QED) is 0.134. The van der Waals surface area contributed by atoms with Crippen LogP contribution in [0.15, 0.2) is 133 Å². The zero-order valence-electron chi connectivity index (χ0n) is 27.2. The number of aliphatic hydroxyl groups excluding tert-OH is 1. The van der Waals surface area contributed by atoms with E-state index in [4.69, 9.17) is 14.2 Å². The molecule has 0 aliphatic carbocycles. The Labute approximate surface area is 281 Å². The Morgan fingerprint density at radius 2 is 1.40 bits per heavy atom. The van der Waals surface area contributed by atoms with Crippen molar-refractivity contribution in [1.29, 1.82) is 0 Å². The highest BCUT2D eigenvalue weighted by Gasteiger charge is 2.39. The maximum Gasteiger partial charge on any atom is 0.323 e. The summed E-state index contributed by atoms with van der Waals surface area (Å²) >= 11 is 0. The number of carbonyl (C=O) groups is 1. The van der Waals surface area contributed by atoms with E-state index >= 15 is 0 Å². The van der Waals surface area contributed by atoms with Crippen LogP contribution in [0.5, 0.6) is 11.5 Å². The van der Waals surface area contributed by atoms with Gasteiger partial charge in [-0.05, 0) is 72.3 Å². The Morgan fingerprint density at radius 3 is 2.10 bits per heavy atom. The third-order valence-corrected chi connectivity index (χ3v) is 8.42. The van der Waals surface area contributed by atoms with Gasteiger partial charge < -0.3 is 30.0 Å². The fourth-order valence-corrected chi connectivity index (χ4v) is 5.88. The third kappa shape index (κ3) is 8.67. The maximum absolute atomic E-state index is 13.0. The molecule has 1 heterocycles. The molecule has 1 aliphatic rings. The van der Waals surface area contributed by atoms with Crippen molar-refractivity contribution in [2.24, 2.45) is 5.92 Å². The van der Waals surface area contributed by atoms with Crippen LogP contribution in [0, 0.1) is 5.92 Å². The number of ether oxygens (including phenoxy) is 3. The third-order valence-electron chi connectivity index (χ3n) is 8.42. The van der Waals surface area contributed by atoms with E-state index in [2.05, 4.69) is 53.8 Å². The molecule has 8 nitrogen and oxygen atoms in total. The minimum Gasteiger partial charge on any atom is -0.457 e. The highest BCUT2D eigenvalue weighted by Crippen LogP contribution is 2.42. The van der Waals surface area contributed by atoms with Gasteiger partial charge in [0.05, 0.1) is 18.8 Å². The number of hydrogen-bond acceptors (Lipinski definition) is 6. The summed E-state index contributed by atoms with van der Waals surface area (Å²) in [5, 5.41) is 15.4. The van der Waals surface area contributed by atoms with Crippen LogP contribution in [-0.2, 0) is 22.6 Å². The van der Waals surface area contributed by atoms with Gasteiger partial charge in [0.25, 0.3) is 0 Å². The van der Waals surface area contributed by atoms with Crippen LogP contribution >= 0.6 is 0 Å². The summed E-state index contributed by atoms with van der Waals surface area (Å²) < 4.78 is 19.1. The van der Waals surface area contributed by atoms with E-state index in [-0.39, 0.29) is 30.8 Å². The lowest BCUT2D eigenvalue weighted by Gasteiger charge is -2.42. The number of benzene rings is 5. The number of nitrogens with zero attached hydrogens (tertiary/aromatic N) is 1. The van der Waals surface area contributed by atoms with E-state index in [1.54, 1.807) is 12.1 Å². The molecule has 0 bridgehead atoms. The Morgan fingerprint density at radius 1 is 0.729 bits per heavy atom. The molecule has 1 fully saturated rings. The van der Waals surface area contributed by atoms with Crippen molar-refractivity contribution >= 4 is 17.4 Å². The van der Waals surface area contributed by atoms with E-state index in [1.165, 1.54) is 5.56 Å². The highest BCUT2D eigenvalue weighted by molar-refractivity contribution is 5.99. The first-order valence-electron chi connectivity index (χ1n) is 16.2. The minimum absolute atomic E-state index is 0.0125. The summed E-state index contributed by atoms with van der Waals surface area (Å²) in [5.41, 5.74) is 5.16. The number of anilines is 2. The van der Waals surface area contributed by atoms with E-state index in [1.807, 2.05) is 97.1 Å². The van der Waals surface area contributed by atoms with Crippen LogP contribution in [0.4, 0.5) is 16.2 Å². The molecule has 6 rings (SSSR count). The summed E-state index contributed by atoms with van der Waals surface area (Å²) in [6, 6.07) is 42.2. The first-order valence-corrected chi connectivity index (χ1v) is 16.2. The van der Waals surface area contributed by atoms with Crippen molar-refractivity contribution in [1.82, 2.24) is 4.90 Å². The summed E-state index contributed by atoms with van der Waals surface area (Å²) in [4.78, 5) is 15.2. The minimum atomic E-state index is -0.652. The van der Waals surface area contributed by atoms with Crippen LogP contribution in [0.25, 0.3) is 0 Å². The second kappa shape index (κ2) is 15.7. The number of nitrogens with one attached hydrogen (secondary N) is 2. The number of urea groups is 1. The molecule has 0 saturated carbocycles. The lowest BCUT2D eigenvalue weighted by Crippen LogP contribution is -2.43. The molecule has 8 heteroatoms.